The van der Waals surface area contributed by atoms with Crippen LogP contribution in [0.2, 0.25) is 0 Å². The summed E-state index contributed by atoms with van der Waals surface area (Å²) >= 11 is 0. The number of rotatable bonds is 14. The van der Waals surface area contributed by atoms with E-state index < -0.39 is 34.2 Å². The van der Waals surface area contributed by atoms with Crippen molar-refractivity contribution in [3.63, 3.8) is 0 Å². The Morgan fingerprint density at radius 1 is 0.630 bits per heavy atom. The normalized spacial score (nSPS) is 22.1. The first-order valence-corrected chi connectivity index (χ1v) is 12.0. The molecule has 0 aromatic rings. The van der Waals surface area contributed by atoms with Crippen LogP contribution in [0.4, 0.5) is 0 Å². The summed E-state index contributed by atoms with van der Waals surface area (Å²) in [5.74, 6) is -3.14. The molecule has 1 aliphatic heterocycles. The van der Waals surface area contributed by atoms with E-state index in [4.69, 9.17) is 0 Å². The summed E-state index contributed by atoms with van der Waals surface area (Å²) in [4.78, 5) is 24.6. The third kappa shape index (κ3) is 9.58. The van der Waals surface area contributed by atoms with E-state index in [1.165, 1.54) is 25.7 Å². The van der Waals surface area contributed by atoms with E-state index in [0.717, 1.165) is 51.4 Å². The van der Waals surface area contributed by atoms with Crippen molar-refractivity contribution in [2.75, 3.05) is 0 Å². The molecule has 0 radical (unpaired) electrons. The average Bonchev–Trinajstić information content (AvgIpc) is 2.67. The SMILES string of the molecule is CCCCCCCCC1C(=O)OS(=O)(=O)OC(=O)C1CCCCCCCC. The smallest absolute Gasteiger partial charge is 0.316 e. The van der Waals surface area contributed by atoms with E-state index in [0.29, 0.717) is 12.8 Å². The predicted octanol–water partition coefficient (Wildman–Crippen LogP) is 5.06. The van der Waals surface area contributed by atoms with Crippen molar-refractivity contribution in [1.29, 1.82) is 0 Å². The standard InChI is InChI=1S/C20H36O6S/c1-3-5-7-9-11-13-15-17-18(16-14-12-10-8-6-4-2)20(22)26-27(23,24)25-19(17)21/h17-18H,3-16H2,1-2H3. The lowest BCUT2D eigenvalue weighted by molar-refractivity contribution is -0.145. The first-order chi connectivity index (χ1) is 12.9. The van der Waals surface area contributed by atoms with Crippen LogP contribution >= 0.6 is 0 Å². The monoisotopic (exact) mass is 404 g/mol. The van der Waals surface area contributed by atoms with Crippen molar-refractivity contribution in [1.82, 2.24) is 0 Å². The Morgan fingerprint density at radius 2 is 0.963 bits per heavy atom. The molecule has 0 saturated carbocycles. The Morgan fingerprint density at radius 3 is 1.33 bits per heavy atom. The van der Waals surface area contributed by atoms with Crippen molar-refractivity contribution in [3.8, 4) is 0 Å². The van der Waals surface area contributed by atoms with Crippen molar-refractivity contribution < 1.29 is 26.4 Å². The molecule has 1 fully saturated rings. The summed E-state index contributed by atoms with van der Waals surface area (Å²) in [6, 6.07) is 0. The number of unbranched alkanes of at least 4 members (excludes halogenated alkanes) is 10. The van der Waals surface area contributed by atoms with Crippen LogP contribution in [0.5, 0.6) is 0 Å². The Balaban J connectivity index is 2.60. The topological polar surface area (TPSA) is 86.7 Å². The molecule has 7 heteroatoms. The zero-order chi connectivity index (χ0) is 20.1. The fourth-order valence-electron chi connectivity index (χ4n) is 3.60. The minimum atomic E-state index is -4.57. The summed E-state index contributed by atoms with van der Waals surface area (Å²) in [5, 5.41) is 0. The highest BCUT2D eigenvalue weighted by atomic mass is 32.3. The van der Waals surface area contributed by atoms with E-state index >= 15 is 0 Å². The highest BCUT2D eigenvalue weighted by Gasteiger charge is 2.43. The van der Waals surface area contributed by atoms with Crippen molar-refractivity contribution >= 4 is 22.3 Å². The molecule has 1 rings (SSSR count). The van der Waals surface area contributed by atoms with Crippen LogP contribution in [0.25, 0.3) is 0 Å². The molecule has 0 N–H and O–H groups in total. The van der Waals surface area contributed by atoms with Gasteiger partial charge < -0.3 is 8.37 Å². The molecule has 2 unspecified atom stereocenters. The van der Waals surface area contributed by atoms with Crippen LogP contribution in [-0.2, 0) is 28.4 Å². The maximum absolute atomic E-state index is 12.3. The van der Waals surface area contributed by atoms with E-state index in [1.807, 2.05) is 0 Å². The van der Waals surface area contributed by atoms with Crippen molar-refractivity contribution in [3.05, 3.63) is 0 Å². The van der Waals surface area contributed by atoms with Gasteiger partial charge in [-0.3, -0.25) is 9.59 Å². The van der Waals surface area contributed by atoms with Crippen LogP contribution in [0.15, 0.2) is 0 Å². The summed E-state index contributed by atoms with van der Waals surface area (Å²) in [6.07, 6.45) is 13.6. The van der Waals surface area contributed by atoms with E-state index in [2.05, 4.69) is 22.2 Å². The van der Waals surface area contributed by atoms with E-state index in [-0.39, 0.29) is 0 Å². The Hall–Kier alpha value is -1.11. The average molecular weight is 405 g/mol. The number of hydrogen-bond donors (Lipinski definition) is 0. The summed E-state index contributed by atoms with van der Waals surface area (Å²) in [7, 11) is -4.57. The van der Waals surface area contributed by atoms with Gasteiger partial charge in [0.1, 0.15) is 0 Å². The second-order valence-corrected chi connectivity index (χ2v) is 8.69. The zero-order valence-electron chi connectivity index (χ0n) is 16.9. The zero-order valence-corrected chi connectivity index (χ0v) is 17.7. The van der Waals surface area contributed by atoms with Gasteiger partial charge in [-0.15, -0.1) is 8.42 Å². The first kappa shape index (κ1) is 23.9. The quantitative estimate of drug-likeness (QED) is 0.376. The fourth-order valence-corrected chi connectivity index (χ4v) is 4.28. The van der Waals surface area contributed by atoms with E-state index in [9.17, 15) is 18.0 Å². The van der Waals surface area contributed by atoms with Crippen LogP contribution < -0.4 is 0 Å². The van der Waals surface area contributed by atoms with Gasteiger partial charge in [0.2, 0.25) is 0 Å². The predicted molar refractivity (Wildman–Crippen MR) is 104 cm³/mol. The second kappa shape index (κ2) is 13.1. The molecule has 0 amide bonds. The van der Waals surface area contributed by atoms with Gasteiger partial charge in [0, 0.05) is 0 Å². The molecule has 0 aliphatic carbocycles. The molecular formula is C20H36O6S. The Bertz CT molecular complexity index is 501. The first-order valence-electron chi connectivity index (χ1n) is 10.6. The molecule has 1 heterocycles. The van der Waals surface area contributed by atoms with Crippen LogP contribution in [0, 0.1) is 11.8 Å². The molecule has 158 valence electrons. The fraction of sp³-hybridized carbons (Fsp3) is 0.900. The molecule has 0 aromatic heterocycles. The third-order valence-electron chi connectivity index (χ3n) is 5.20. The largest absolute Gasteiger partial charge is 0.506 e. The number of carbonyl (C=O) groups excluding carboxylic acids is 2. The number of carbonyl (C=O) groups is 2. The molecule has 0 bridgehead atoms. The van der Waals surface area contributed by atoms with Gasteiger partial charge in [-0.2, -0.15) is 0 Å². The van der Waals surface area contributed by atoms with Gasteiger partial charge in [-0.1, -0.05) is 90.9 Å². The lowest BCUT2D eigenvalue weighted by atomic mass is 9.84. The van der Waals surface area contributed by atoms with Gasteiger partial charge in [-0.25, -0.2) is 0 Å². The minimum Gasteiger partial charge on any atom is -0.316 e. The van der Waals surface area contributed by atoms with Crippen LogP contribution in [-0.4, -0.2) is 20.4 Å². The maximum atomic E-state index is 12.3. The molecule has 27 heavy (non-hydrogen) atoms. The highest BCUT2D eigenvalue weighted by Crippen LogP contribution is 2.31. The lowest BCUT2D eigenvalue weighted by Crippen LogP contribution is -2.28. The Labute approximate surface area is 164 Å². The Kier molecular flexibility index (Phi) is 11.6. The molecular weight excluding hydrogens is 368 g/mol. The lowest BCUT2D eigenvalue weighted by Gasteiger charge is -2.19. The molecule has 2 atom stereocenters. The summed E-state index contributed by atoms with van der Waals surface area (Å²) < 4.78 is 32.1. The summed E-state index contributed by atoms with van der Waals surface area (Å²) in [5.41, 5.74) is 0. The van der Waals surface area contributed by atoms with Crippen molar-refractivity contribution in [2.45, 2.75) is 104 Å². The van der Waals surface area contributed by atoms with Gasteiger partial charge in [-0.05, 0) is 12.8 Å². The van der Waals surface area contributed by atoms with E-state index in [1.54, 1.807) is 0 Å². The van der Waals surface area contributed by atoms with Gasteiger partial charge in [0.05, 0.1) is 11.8 Å². The van der Waals surface area contributed by atoms with Gasteiger partial charge in [0.25, 0.3) is 0 Å². The third-order valence-corrected chi connectivity index (χ3v) is 5.93. The van der Waals surface area contributed by atoms with Gasteiger partial charge >= 0.3 is 22.3 Å². The van der Waals surface area contributed by atoms with Gasteiger partial charge in [0.15, 0.2) is 0 Å². The molecule has 1 saturated heterocycles. The number of hydrogen-bond acceptors (Lipinski definition) is 6. The highest BCUT2D eigenvalue weighted by molar-refractivity contribution is 7.82. The molecule has 0 spiro atoms. The van der Waals surface area contributed by atoms with Crippen LogP contribution in [0.3, 0.4) is 0 Å². The second-order valence-electron chi connectivity index (χ2n) is 7.54. The molecule has 1 aliphatic rings. The maximum Gasteiger partial charge on any atom is 0.506 e. The summed E-state index contributed by atoms with van der Waals surface area (Å²) in [6.45, 7) is 4.31. The van der Waals surface area contributed by atoms with Crippen molar-refractivity contribution in [2.24, 2.45) is 11.8 Å². The van der Waals surface area contributed by atoms with Crippen LogP contribution in [0.1, 0.15) is 104 Å². The molecule has 6 nitrogen and oxygen atoms in total. The minimum absolute atomic E-state index is 0.468. The molecule has 0 aromatic carbocycles.